The highest BCUT2D eigenvalue weighted by atomic mass is 16.2. The molecular weight excluding hydrogens is 224 g/mol. The third-order valence-electron chi connectivity index (χ3n) is 3.30. The smallest absolute Gasteiger partial charge is 0.255 e. The van der Waals surface area contributed by atoms with Gasteiger partial charge in [0.25, 0.3) is 5.91 Å². The number of nitrogens with one attached hydrogen (secondary N) is 1. The lowest BCUT2D eigenvalue weighted by molar-refractivity contribution is 0.0776. The van der Waals surface area contributed by atoms with Crippen LogP contribution in [-0.2, 0) is 0 Å². The molecule has 1 N–H and O–H groups in total. The summed E-state index contributed by atoms with van der Waals surface area (Å²) in [4.78, 5) is 14.2. The van der Waals surface area contributed by atoms with Gasteiger partial charge >= 0.3 is 0 Å². The highest BCUT2D eigenvalue weighted by molar-refractivity contribution is 5.99. The molecule has 0 bridgehead atoms. The number of benzene rings is 1. The lowest BCUT2D eigenvalue weighted by Crippen LogP contribution is -2.31. The molecule has 1 unspecified atom stereocenters. The molecular formula is C15H24N2O. The zero-order valence-corrected chi connectivity index (χ0v) is 12.1. The Morgan fingerprint density at radius 2 is 2.11 bits per heavy atom. The molecule has 0 saturated carbocycles. The van der Waals surface area contributed by atoms with Gasteiger partial charge in [0.05, 0.1) is 5.56 Å². The number of anilines is 1. The first-order chi connectivity index (χ1) is 8.49. The van der Waals surface area contributed by atoms with Crippen molar-refractivity contribution in [2.45, 2.75) is 27.2 Å². The predicted octanol–water partition coefficient (Wildman–Crippen LogP) is 3.15. The molecule has 1 atom stereocenters. The molecule has 0 radical (unpaired) electrons. The van der Waals surface area contributed by atoms with E-state index >= 15 is 0 Å². The fourth-order valence-corrected chi connectivity index (χ4v) is 1.94. The molecule has 3 heteroatoms. The number of carbonyl (C=O) groups is 1. The zero-order valence-electron chi connectivity index (χ0n) is 12.1. The van der Waals surface area contributed by atoms with Crippen LogP contribution in [0.1, 0.15) is 36.2 Å². The largest absolute Gasteiger partial charge is 0.387 e. The van der Waals surface area contributed by atoms with Gasteiger partial charge in [0.1, 0.15) is 0 Å². The maximum absolute atomic E-state index is 12.4. The topological polar surface area (TPSA) is 32.3 Å². The minimum atomic E-state index is 0.0830. The van der Waals surface area contributed by atoms with Gasteiger partial charge < -0.3 is 10.2 Å². The van der Waals surface area contributed by atoms with Crippen molar-refractivity contribution in [3.8, 4) is 0 Å². The zero-order chi connectivity index (χ0) is 13.7. The summed E-state index contributed by atoms with van der Waals surface area (Å²) in [5, 5.41) is 3.09. The Balaban J connectivity index is 2.89. The summed E-state index contributed by atoms with van der Waals surface area (Å²) in [5.74, 6) is 0.613. The molecule has 1 aromatic rings. The van der Waals surface area contributed by atoms with Gasteiger partial charge in [-0.2, -0.15) is 0 Å². The number of carbonyl (C=O) groups excluding carboxylic acids is 1. The third kappa shape index (κ3) is 3.49. The Kier molecular flexibility index (Phi) is 5.20. The average Bonchev–Trinajstić information content (AvgIpc) is 2.37. The Morgan fingerprint density at radius 1 is 1.44 bits per heavy atom. The molecule has 0 aliphatic carbocycles. The predicted molar refractivity (Wildman–Crippen MR) is 77.1 cm³/mol. The molecule has 100 valence electrons. The highest BCUT2D eigenvalue weighted by Crippen LogP contribution is 2.19. The van der Waals surface area contributed by atoms with Crippen LogP contribution in [0, 0.1) is 12.8 Å². The highest BCUT2D eigenvalue weighted by Gasteiger charge is 2.16. The normalized spacial score (nSPS) is 12.1. The van der Waals surface area contributed by atoms with Crippen molar-refractivity contribution in [3.63, 3.8) is 0 Å². The van der Waals surface area contributed by atoms with Crippen molar-refractivity contribution in [1.82, 2.24) is 4.90 Å². The molecule has 3 nitrogen and oxygen atoms in total. The number of aryl methyl sites for hydroxylation is 1. The molecule has 0 aromatic heterocycles. The quantitative estimate of drug-likeness (QED) is 0.868. The molecule has 1 amide bonds. The van der Waals surface area contributed by atoms with Gasteiger partial charge in [-0.15, -0.1) is 0 Å². The van der Waals surface area contributed by atoms with E-state index in [0.29, 0.717) is 5.92 Å². The Hall–Kier alpha value is -1.51. The van der Waals surface area contributed by atoms with Crippen LogP contribution >= 0.6 is 0 Å². The SMILES string of the molecule is CCC(C)CN(C)C(=O)c1ccc(C)cc1NC. The number of hydrogen-bond donors (Lipinski definition) is 1. The van der Waals surface area contributed by atoms with Crippen LogP contribution in [-0.4, -0.2) is 31.4 Å². The van der Waals surface area contributed by atoms with Crippen LogP contribution in [0.15, 0.2) is 18.2 Å². The van der Waals surface area contributed by atoms with Crippen molar-refractivity contribution in [2.75, 3.05) is 26.0 Å². The standard InChI is InChI=1S/C15H24N2O/c1-6-11(2)10-17(5)15(18)13-8-7-12(3)9-14(13)16-4/h7-9,11,16H,6,10H2,1-5H3. The summed E-state index contributed by atoms with van der Waals surface area (Å²) in [5.41, 5.74) is 2.80. The minimum Gasteiger partial charge on any atom is -0.387 e. The van der Waals surface area contributed by atoms with Crippen LogP contribution in [0.25, 0.3) is 0 Å². The number of rotatable bonds is 5. The lowest BCUT2D eigenvalue weighted by Gasteiger charge is -2.22. The van der Waals surface area contributed by atoms with Crippen molar-refractivity contribution >= 4 is 11.6 Å². The van der Waals surface area contributed by atoms with E-state index in [-0.39, 0.29) is 5.91 Å². The van der Waals surface area contributed by atoms with Crippen molar-refractivity contribution in [1.29, 1.82) is 0 Å². The van der Waals surface area contributed by atoms with E-state index in [1.807, 2.05) is 39.2 Å². The van der Waals surface area contributed by atoms with Crippen molar-refractivity contribution < 1.29 is 4.79 Å². The van der Waals surface area contributed by atoms with Crippen molar-refractivity contribution in [3.05, 3.63) is 29.3 Å². The Morgan fingerprint density at radius 3 is 2.67 bits per heavy atom. The van der Waals surface area contributed by atoms with E-state index in [0.717, 1.165) is 29.8 Å². The number of nitrogens with zero attached hydrogens (tertiary/aromatic N) is 1. The second kappa shape index (κ2) is 6.43. The summed E-state index contributed by atoms with van der Waals surface area (Å²) >= 11 is 0. The maximum Gasteiger partial charge on any atom is 0.255 e. The van der Waals surface area contributed by atoms with E-state index in [9.17, 15) is 4.79 Å². The molecule has 0 saturated heterocycles. The molecule has 0 aliphatic rings. The summed E-state index contributed by atoms with van der Waals surface area (Å²) in [6.45, 7) is 7.14. The van der Waals surface area contributed by atoms with Crippen LogP contribution in [0.4, 0.5) is 5.69 Å². The maximum atomic E-state index is 12.4. The first kappa shape index (κ1) is 14.6. The monoisotopic (exact) mass is 248 g/mol. The summed E-state index contributed by atoms with van der Waals surface area (Å²) in [7, 11) is 3.72. The van der Waals surface area contributed by atoms with Gasteiger partial charge in [0.2, 0.25) is 0 Å². The third-order valence-corrected chi connectivity index (χ3v) is 3.30. The fourth-order valence-electron chi connectivity index (χ4n) is 1.94. The first-order valence-corrected chi connectivity index (χ1v) is 6.53. The fraction of sp³-hybridized carbons (Fsp3) is 0.533. The summed E-state index contributed by atoms with van der Waals surface area (Å²) < 4.78 is 0. The molecule has 1 rings (SSSR count). The molecule has 0 fully saturated rings. The van der Waals surface area contributed by atoms with Crippen LogP contribution in [0.2, 0.25) is 0 Å². The van der Waals surface area contributed by atoms with E-state index in [2.05, 4.69) is 19.2 Å². The molecule has 0 spiro atoms. The number of amides is 1. The van der Waals surface area contributed by atoms with E-state index < -0.39 is 0 Å². The Labute approximate surface area is 110 Å². The second-order valence-electron chi connectivity index (χ2n) is 5.00. The van der Waals surface area contributed by atoms with Gasteiger partial charge in [-0.3, -0.25) is 4.79 Å². The van der Waals surface area contributed by atoms with Gasteiger partial charge in [0, 0.05) is 26.3 Å². The van der Waals surface area contributed by atoms with Gasteiger partial charge in [-0.25, -0.2) is 0 Å². The lowest BCUT2D eigenvalue weighted by atomic mass is 10.1. The van der Waals surface area contributed by atoms with Crippen molar-refractivity contribution in [2.24, 2.45) is 5.92 Å². The van der Waals surface area contributed by atoms with Gasteiger partial charge in [-0.1, -0.05) is 26.3 Å². The van der Waals surface area contributed by atoms with Crippen LogP contribution < -0.4 is 5.32 Å². The average molecular weight is 248 g/mol. The minimum absolute atomic E-state index is 0.0830. The summed E-state index contributed by atoms with van der Waals surface area (Å²) in [6, 6.07) is 5.88. The molecule has 18 heavy (non-hydrogen) atoms. The van der Waals surface area contributed by atoms with Gasteiger partial charge in [0.15, 0.2) is 0 Å². The molecule has 0 aliphatic heterocycles. The van der Waals surface area contributed by atoms with Gasteiger partial charge in [-0.05, 0) is 30.5 Å². The van der Waals surface area contributed by atoms with Crippen LogP contribution in [0.5, 0.6) is 0 Å². The Bertz CT molecular complexity index is 415. The van der Waals surface area contributed by atoms with E-state index in [1.54, 1.807) is 4.90 Å². The summed E-state index contributed by atoms with van der Waals surface area (Å²) in [6.07, 6.45) is 1.09. The first-order valence-electron chi connectivity index (χ1n) is 6.53. The molecule has 1 aromatic carbocycles. The number of hydrogen-bond acceptors (Lipinski definition) is 2. The van der Waals surface area contributed by atoms with E-state index in [4.69, 9.17) is 0 Å². The molecule has 0 heterocycles. The van der Waals surface area contributed by atoms with Crippen LogP contribution in [0.3, 0.4) is 0 Å². The second-order valence-corrected chi connectivity index (χ2v) is 5.00. The van der Waals surface area contributed by atoms with E-state index in [1.165, 1.54) is 0 Å².